The minimum Gasteiger partial charge on any atom is -0.462 e. The van der Waals surface area contributed by atoms with Crippen LogP contribution >= 0.6 is 0 Å². The average molecular weight is 387 g/mol. The molecular weight excluding hydrogens is 358 g/mol. The molecule has 4 rings (SSSR count). The molecule has 0 aromatic heterocycles. The Morgan fingerprint density at radius 2 is 2.00 bits per heavy atom. The molecule has 2 aliphatic carbocycles. The first-order valence-electron chi connectivity index (χ1n) is 10.2. The number of benzene rings is 1. The summed E-state index contributed by atoms with van der Waals surface area (Å²) in [5.74, 6) is 0.246. The quantitative estimate of drug-likeness (QED) is 0.772. The molecule has 0 spiro atoms. The first-order valence-corrected chi connectivity index (χ1v) is 10.2. The molecule has 152 valence electrons. The molecule has 2 saturated carbocycles. The Morgan fingerprint density at radius 1 is 1.25 bits per heavy atom. The summed E-state index contributed by atoms with van der Waals surface area (Å²) in [6, 6.07) is 9.20. The maximum Gasteiger partial charge on any atom is 0.411 e. The van der Waals surface area contributed by atoms with Gasteiger partial charge in [0.05, 0.1) is 13.0 Å². The Morgan fingerprint density at radius 3 is 2.71 bits per heavy atom. The van der Waals surface area contributed by atoms with Crippen molar-refractivity contribution in [3.8, 4) is 0 Å². The number of para-hydroxylation sites is 1. The Hall–Kier alpha value is -2.08. The number of fused-ring (bicyclic) bond motifs is 3. The number of aliphatic hydroxyl groups excluding tert-OH is 1. The number of hydrogen-bond acceptors (Lipinski definition) is 5. The number of aliphatic hydroxyl groups is 1. The summed E-state index contributed by atoms with van der Waals surface area (Å²) < 4.78 is 11.4. The lowest BCUT2D eigenvalue weighted by atomic mass is 9.46. The zero-order valence-electron chi connectivity index (χ0n) is 16.5. The number of carbonyl (C=O) groups excluding carboxylic acids is 2. The van der Waals surface area contributed by atoms with Crippen LogP contribution in [-0.2, 0) is 14.3 Å². The van der Waals surface area contributed by atoms with Gasteiger partial charge in [0.25, 0.3) is 0 Å². The van der Waals surface area contributed by atoms with E-state index in [0.717, 1.165) is 19.3 Å². The minimum absolute atomic E-state index is 0.00413. The second kappa shape index (κ2) is 7.07. The van der Waals surface area contributed by atoms with E-state index < -0.39 is 11.5 Å². The zero-order chi connectivity index (χ0) is 19.9. The molecule has 6 nitrogen and oxygen atoms in total. The largest absolute Gasteiger partial charge is 0.462 e. The van der Waals surface area contributed by atoms with Crippen molar-refractivity contribution in [1.29, 1.82) is 0 Å². The number of hydrogen-bond donors (Lipinski definition) is 2. The van der Waals surface area contributed by atoms with Crippen LogP contribution in [0.4, 0.5) is 10.5 Å². The minimum atomic E-state index is -0.544. The highest BCUT2D eigenvalue weighted by atomic mass is 16.6. The van der Waals surface area contributed by atoms with Crippen molar-refractivity contribution in [2.75, 3.05) is 11.9 Å². The van der Waals surface area contributed by atoms with Gasteiger partial charge in [0.2, 0.25) is 0 Å². The predicted molar refractivity (Wildman–Crippen MR) is 104 cm³/mol. The number of ether oxygens (including phenoxy) is 2. The fraction of sp³-hybridized carbons (Fsp3) is 0.636. The molecule has 2 N–H and O–H groups in total. The maximum absolute atomic E-state index is 12.5. The number of rotatable bonds is 3. The van der Waals surface area contributed by atoms with Crippen LogP contribution in [0.5, 0.6) is 0 Å². The Bertz CT molecular complexity index is 753. The van der Waals surface area contributed by atoms with E-state index in [9.17, 15) is 14.7 Å². The third-order valence-electron chi connectivity index (χ3n) is 7.59. The molecule has 1 aromatic carbocycles. The van der Waals surface area contributed by atoms with Crippen molar-refractivity contribution in [3.63, 3.8) is 0 Å². The molecule has 1 amide bonds. The topological polar surface area (TPSA) is 84.9 Å². The number of esters is 1. The van der Waals surface area contributed by atoms with Gasteiger partial charge in [-0.1, -0.05) is 32.0 Å². The molecule has 3 fully saturated rings. The number of carbonyl (C=O) groups is 2. The van der Waals surface area contributed by atoms with Gasteiger partial charge in [0, 0.05) is 17.0 Å². The SMILES string of the molecule is C[C@]1(CO)[C@H]2CC[C@@H]3OC(=O)C[C@H]3[C@]2(C)CC[C@H]1OC(=O)Nc1ccccc1. The van der Waals surface area contributed by atoms with Gasteiger partial charge in [-0.25, -0.2) is 4.79 Å². The summed E-state index contributed by atoms with van der Waals surface area (Å²) in [7, 11) is 0. The highest BCUT2D eigenvalue weighted by molar-refractivity contribution is 5.84. The molecule has 1 aliphatic heterocycles. The first-order chi connectivity index (χ1) is 13.4. The van der Waals surface area contributed by atoms with Crippen LogP contribution in [0.3, 0.4) is 0 Å². The molecule has 0 radical (unpaired) electrons. The van der Waals surface area contributed by atoms with E-state index >= 15 is 0 Å². The third kappa shape index (κ3) is 3.08. The highest BCUT2D eigenvalue weighted by Crippen LogP contribution is 2.62. The molecule has 6 heteroatoms. The smallest absolute Gasteiger partial charge is 0.411 e. The monoisotopic (exact) mass is 387 g/mol. The van der Waals surface area contributed by atoms with Crippen LogP contribution in [0.1, 0.15) is 46.0 Å². The Balaban J connectivity index is 1.52. The molecule has 3 aliphatic rings. The summed E-state index contributed by atoms with van der Waals surface area (Å²) in [6.07, 6.45) is 2.80. The number of amides is 1. The second-order valence-corrected chi connectivity index (χ2v) is 9.06. The molecule has 0 unspecified atom stereocenters. The van der Waals surface area contributed by atoms with Gasteiger partial charge in [-0.3, -0.25) is 10.1 Å². The standard InChI is InChI=1S/C22H29NO5/c1-21-11-10-18(28-20(26)23-14-6-4-3-5-7-14)22(2,13-24)17(21)9-8-16-15(21)12-19(25)27-16/h3-7,15-18,24H,8-13H2,1-2H3,(H,23,26)/t15-,16+,17+,18-,21+,22+/m1/s1. The highest BCUT2D eigenvalue weighted by Gasteiger charge is 2.62. The lowest BCUT2D eigenvalue weighted by molar-refractivity contribution is -0.174. The van der Waals surface area contributed by atoms with Crippen LogP contribution < -0.4 is 5.32 Å². The third-order valence-corrected chi connectivity index (χ3v) is 7.59. The molecular formula is C22H29NO5. The van der Waals surface area contributed by atoms with Crippen molar-refractivity contribution in [1.82, 2.24) is 0 Å². The zero-order valence-corrected chi connectivity index (χ0v) is 16.5. The van der Waals surface area contributed by atoms with Crippen molar-refractivity contribution >= 4 is 17.7 Å². The number of anilines is 1. The molecule has 28 heavy (non-hydrogen) atoms. The van der Waals surface area contributed by atoms with Crippen molar-refractivity contribution in [2.24, 2.45) is 22.7 Å². The lowest BCUT2D eigenvalue weighted by Gasteiger charge is -2.59. The molecule has 1 heterocycles. The fourth-order valence-electron chi connectivity index (χ4n) is 6.09. The van der Waals surface area contributed by atoms with Gasteiger partial charge in [-0.15, -0.1) is 0 Å². The lowest BCUT2D eigenvalue weighted by Crippen LogP contribution is -2.59. The van der Waals surface area contributed by atoms with E-state index in [1.54, 1.807) is 0 Å². The van der Waals surface area contributed by atoms with Crippen LogP contribution in [-0.4, -0.2) is 36.0 Å². The number of nitrogens with one attached hydrogen (secondary N) is 1. The molecule has 0 bridgehead atoms. The summed E-state index contributed by atoms with van der Waals surface area (Å²) >= 11 is 0. The van der Waals surface area contributed by atoms with Crippen molar-refractivity contribution in [2.45, 2.75) is 58.2 Å². The van der Waals surface area contributed by atoms with Crippen molar-refractivity contribution < 1.29 is 24.2 Å². The van der Waals surface area contributed by atoms with Crippen LogP contribution in [0.25, 0.3) is 0 Å². The summed E-state index contributed by atoms with van der Waals surface area (Å²) in [5, 5.41) is 13.1. The Labute approximate surface area is 165 Å². The van der Waals surface area contributed by atoms with Crippen LogP contribution in [0, 0.1) is 22.7 Å². The summed E-state index contributed by atoms with van der Waals surface area (Å²) in [4.78, 5) is 24.4. The average Bonchev–Trinajstić information content (AvgIpc) is 3.07. The van der Waals surface area contributed by atoms with Gasteiger partial charge in [-0.05, 0) is 49.1 Å². The van der Waals surface area contributed by atoms with Gasteiger partial charge in [0.15, 0.2) is 0 Å². The first kappa shape index (κ1) is 19.2. The van der Waals surface area contributed by atoms with Gasteiger partial charge < -0.3 is 14.6 Å². The van der Waals surface area contributed by atoms with E-state index in [1.165, 1.54) is 0 Å². The van der Waals surface area contributed by atoms with Gasteiger partial charge >= 0.3 is 12.1 Å². The van der Waals surface area contributed by atoms with E-state index in [2.05, 4.69) is 12.2 Å². The predicted octanol–water partition coefficient (Wildman–Crippen LogP) is 3.74. The van der Waals surface area contributed by atoms with E-state index in [1.807, 2.05) is 37.3 Å². The normalized spacial score (nSPS) is 39.5. The maximum atomic E-state index is 12.5. The van der Waals surface area contributed by atoms with Gasteiger partial charge in [0.1, 0.15) is 12.2 Å². The van der Waals surface area contributed by atoms with Crippen molar-refractivity contribution in [3.05, 3.63) is 30.3 Å². The summed E-state index contributed by atoms with van der Waals surface area (Å²) in [6.45, 7) is 4.20. The van der Waals surface area contributed by atoms with E-state index in [-0.39, 0.29) is 42.0 Å². The van der Waals surface area contributed by atoms with Crippen LogP contribution in [0.15, 0.2) is 30.3 Å². The Kier molecular flexibility index (Phi) is 4.86. The van der Waals surface area contributed by atoms with Gasteiger partial charge in [-0.2, -0.15) is 0 Å². The van der Waals surface area contributed by atoms with Crippen LogP contribution in [0.2, 0.25) is 0 Å². The van der Waals surface area contributed by atoms with E-state index in [0.29, 0.717) is 18.5 Å². The van der Waals surface area contributed by atoms with E-state index in [4.69, 9.17) is 9.47 Å². The molecule has 1 saturated heterocycles. The fourth-order valence-corrected chi connectivity index (χ4v) is 6.09. The summed E-state index contributed by atoms with van der Waals surface area (Å²) in [5.41, 5.74) is 0.0425. The molecule has 1 aromatic rings. The second-order valence-electron chi connectivity index (χ2n) is 9.06. The molecule has 6 atom stereocenters.